The Morgan fingerprint density at radius 2 is 2.28 bits per heavy atom. The van der Waals surface area contributed by atoms with Gasteiger partial charge in [0.05, 0.1) is 11.9 Å². The number of imidazole rings is 1. The van der Waals surface area contributed by atoms with E-state index in [9.17, 15) is 0 Å². The zero-order chi connectivity index (χ0) is 13.0. The van der Waals surface area contributed by atoms with Gasteiger partial charge in [0.25, 0.3) is 0 Å². The van der Waals surface area contributed by atoms with Crippen LogP contribution < -0.4 is 0 Å². The van der Waals surface area contributed by atoms with Gasteiger partial charge in [-0.05, 0) is 38.4 Å². The van der Waals surface area contributed by atoms with Gasteiger partial charge in [-0.15, -0.1) is 0 Å². The molecule has 98 valence electrons. The SMILES string of the molecule is CS[C@@H](C)CCN(C)Cc1cnc2ccccn12. The summed E-state index contributed by atoms with van der Waals surface area (Å²) in [5.41, 5.74) is 2.28. The molecule has 2 aromatic heterocycles. The maximum absolute atomic E-state index is 4.42. The van der Waals surface area contributed by atoms with Gasteiger partial charge in [-0.1, -0.05) is 13.0 Å². The summed E-state index contributed by atoms with van der Waals surface area (Å²) in [5, 5.41) is 0.731. The molecule has 0 saturated carbocycles. The number of hydrogen-bond acceptors (Lipinski definition) is 3. The third-order valence-electron chi connectivity index (χ3n) is 3.25. The van der Waals surface area contributed by atoms with Crippen molar-refractivity contribution in [1.29, 1.82) is 0 Å². The third-order valence-corrected chi connectivity index (χ3v) is 4.29. The van der Waals surface area contributed by atoms with Crippen LogP contribution in [0, 0.1) is 0 Å². The Kier molecular flexibility index (Phi) is 4.66. The fourth-order valence-electron chi connectivity index (χ4n) is 1.98. The molecule has 18 heavy (non-hydrogen) atoms. The molecule has 4 heteroatoms. The summed E-state index contributed by atoms with van der Waals surface area (Å²) in [4.78, 5) is 6.78. The highest BCUT2D eigenvalue weighted by Gasteiger charge is 2.07. The predicted molar refractivity (Wildman–Crippen MR) is 79.1 cm³/mol. The van der Waals surface area contributed by atoms with Crippen molar-refractivity contribution < 1.29 is 0 Å². The maximum atomic E-state index is 4.42. The van der Waals surface area contributed by atoms with Crippen LogP contribution in [-0.4, -0.2) is 39.4 Å². The van der Waals surface area contributed by atoms with Gasteiger partial charge < -0.3 is 9.30 Å². The van der Waals surface area contributed by atoms with E-state index in [4.69, 9.17) is 0 Å². The molecule has 0 spiro atoms. The highest BCUT2D eigenvalue weighted by atomic mass is 32.2. The first kappa shape index (κ1) is 13.4. The number of pyridine rings is 1. The van der Waals surface area contributed by atoms with E-state index in [-0.39, 0.29) is 0 Å². The average molecular weight is 263 g/mol. The first-order valence-corrected chi connectivity index (χ1v) is 7.62. The van der Waals surface area contributed by atoms with Crippen LogP contribution in [-0.2, 0) is 6.54 Å². The molecule has 0 saturated heterocycles. The van der Waals surface area contributed by atoms with Gasteiger partial charge in [-0.3, -0.25) is 0 Å². The normalized spacial score (nSPS) is 13.3. The van der Waals surface area contributed by atoms with Crippen LogP contribution in [0.5, 0.6) is 0 Å². The lowest BCUT2D eigenvalue weighted by Crippen LogP contribution is -2.22. The molecule has 0 aliphatic rings. The first-order valence-electron chi connectivity index (χ1n) is 6.33. The van der Waals surface area contributed by atoms with Crippen LogP contribution in [0.25, 0.3) is 5.65 Å². The minimum absolute atomic E-state index is 0.731. The molecule has 0 fully saturated rings. The minimum Gasteiger partial charge on any atom is -0.303 e. The Morgan fingerprint density at radius 1 is 1.44 bits per heavy atom. The molecule has 2 aromatic rings. The van der Waals surface area contributed by atoms with E-state index >= 15 is 0 Å². The van der Waals surface area contributed by atoms with E-state index in [0.29, 0.717) is 0 Å². The van der Waals surface area contributed by atoms with Crippen molar-refractivity contribution in [3.05, 3.63) is 36.3 Å². The van der Waals surface area contributed by atoms with E-state index in [1.807, 2.05) is 36.2 Å². The number of rotatable bonds is 6. The van der Waals surface area contributed by atoms with Gasteiger partial charge in [0, 0.05) is 18.0 Å². The van der Waals surface area contributed by atoms with E-state index < -0.39 is 0 Å². The van der Waals surface area contributed by atoms with Gasteiger partial charge in [0.1, 0.15) is 5.65 Å². The Morgan fingerprint density at radius 3 is 3.06 bits per heavy atom. The van der Waals surface area contributed by atoms with Crippen LogP contribution in [0.2, 0.25) is 0 Å². The molecule has 2 heterocycles. The average Bonchev–Trinajstić information content (AvgIpc) is 2.79. The summed E-state index contributed by atoms with van der Waals surface area (Å²) in [6, 6.07) is 6.11. The number of thioether (sulfide) groups is 1. The van der Waals surface area contributed by atoms with Gasteiger partial charge in [0.15, 0.2) is 0 Å². The summed E-state index contributed by atoms with van der Waals surface area (Å²) in [5.74, 6) is 0. The van der Waals surface area contributed by atoms with E-state index in [1.54, 1.807) is 0 Å². The van der Waals surface area contributed by atoms with Crippen molar-refractivity contribution in [3.63, 3.8) is 0 Å². The largest absolute Gasteiger partial charge is 0.303 e. The molecule has 0 aromatic carbocycles. The van der Waals surface area contributed by atoms with Gasteiger partial charge in [0.2, 0.25) is 0 Å². The molecule has 0 unspecified atom stereocenters. The summed E-state index contributed by atoms with van der Waals surface area (Å²) in [7, 11) is 2.18. The molecule has 0 aliphatic heterocycles. The summed E-state index contributed by atoms with van der Waals surface area (Å²) in [6.45, 7) is 4.36. The number of aromatic nitrogens is 2. The summed E-state index contributed by atoms with van der Waals surface area (Å²) in [6.07, 6.45) is 7.46. The Labute approximate surface area is 113 Å². The maximum Gasteiger partial charge on any atom is 0.136 e. The van der Waals surface area contributed by atoms with Crippen molar-refractivity contribution in [2.45, 2.75) is 25.1 Å². The van der Waals surface area contributed by atoms with Crippen molar-refractivity contribution in [1.82, 2.24) is 14.3 Å². The number of hydrogen-bond donors (Lipinski definition) is 0. The second-order valence-corrected chi connectivity index (χ2v) is 6.03. The molecular formula is C14H21N3S. The van der Waals surface area contributed by atoms with Crippen LogP contribution in [0.4, 0.5) is 0 Å². The zero-order valence-electron chi connectivity index (χ0n) is 11.3. The van der Waals surface area contributed by atoms with Crippen molar-refractivity contribution in [2.24, 2.45) is 0 Å². The number of fused-ring (bicyclic) bond motifs is 1. The second kappa shape index (κ2) is 6.25. The Bertz CT molecular complexity index is 494. The van der Waals surface area contributed by atoms with Crippen LogP contribution in [0.3, 0.4) is 0 Å². The van der Waals surface area contributed by atoms with Crippen LogP contribution >= 0.6 is 11.8 Å². The summed E-state index contributed by atoms with van der Waals surface area (Å²) >= 11 is 1.93. The van der Waals surface area contributed by atoms with Gasteiger partial charge >= 0.3 is 0 Å². The van der Waals surface area contributed by atoms with Crippen molar-refractivity contribution in [2.75, 3.05) is 19.8 Å². The zero-order valence-corrected chi connectivity index (χ0v) is 12.2. The molecule has 0 bridgehead atoms. The molecule has 2 rings (SSSR count). The molecule has 3 nitrogen and oxygen atoms in total. The Hall–Kier alpha value is -1.00. The predicted octanol–water partition coefficient (Wildman–Crippen LogP) is 2.91. The standard InChI is InChI=1S/C14H21N3S/c1-12(18-3)7-9-16(2)11-13-10-15-14-6-4-5-8-17(13)14/h4-6,8,10,12H,7,9,11H2,1-3H3/t12-/m0/s1. The van der Waals surface area contributed by atoms with Crippen LogP contribution in [0.15, 0.2) is 30.6 Å². The van der Waals surface area contributed by atoms with Gasteiger partial charge in [-0.25, -0.2) is 4.98 Å². The smallest absolute Gasteiger partial charge is 0.136 e. The molecule has 1 atom stereocenters. The lowest BCUT2D eigenvalue weighted by atomic mass is 10.3. The quantitative estimate of drug-likeness (QED) is 0.799. The fraction of sp³-hybridized carbons (Fsp3) is 0.500. The molecule has 0 N–H and O–H groups in total. The highest BCUT2D eigenvalue weighted by molar-refractivity contribution is 7.99. The molecule has 0 amide bonds. The van der Waals surface area contributed by atoms with E-state index in [0.717, 1.165) is 24.0 Å². The van der Waals surface area contributed by atoms with E-state index in [1.165, 1.54) is 12.1 Å². The van der Waals surface area contributed by atoms with Crippen molar-refractivity contribution in [3.8, 4) is 0 Å². The molecular weight excluding hydrogens is 242 g/mol. The van der Waals surface area contributed by atoms with Crippen molar-refractivity contribution >= 4 is 17.4 Å². The highest BCUT2D eigenvalue weighted by Crippen LogP contribution is 2.12. The molecule has 0 aliphatic carbocycles. The monoisotopic (exact) mass is 263 g/mol. The van der Waals surface area contributed by atoms with Crippen LogP contribution in [0.1, 0.15) is 19.0 Å². The lowest BCUT2D eigenvalue weighted by molar-refractivity contribution is 0.317. The molecule has 0 radical (unpaired) electrons. The van der Waals surface area contributed by atoms with Gasteiger partial charge in [-0.2, -0.15) is 11.8 Å². The third kappa shape index (κ3) is 3.27. The van der Waals surface area contributed by atoms with E-state index in [2.05, 4.69) is 40.7 Å². The Balaban J connectivity index is 1.96. The topological polar surface area (TPSA) is 20.5 Å². The lowest BCUT2D eigenvalue weighted by Gasteiger charge is -2.18. The number of nitrogens with zero attached hydrogens (tertiary/aromatic N) is 3. The summed E-state index contributed by atoms with van der Waals surface area (Å²) < 4.78 is 2.16. The first-order chi connectivity index (χ1) is 8.70. The minimum atomic E-state index is 0.731. The fourth-order valence-corrected chi connectivity index (χ4v) is 2.32. The second-order valence-electron chi connectivity index (χ2n) is 4.75.